The Hall–Kier alpha value is -2.38. The summed E-state index contributed by atoms with van der Waals surface area (Å²) in [6.45, 7) is 3.34. The Kier molecular flexibility index (Phi) is 3.59. The van der Waals surface area contributed by atoms with E-state index in [1.165, 1.54) is 0 Å². The van der Waals surface area contributed by atoms with Crippen LogP contribution in [0.2, 0.25) is 0 Å². The summed E-state index contributed by atoms with van der Waals surface area (Å²) in [6.07, 6.45) is 4.41. The first kappa shape index (κ1) is 14.6. The van der Waals surface area contributed by atoms with Crippen LogP contribution < -0.4 is 10.6 Å². The summed E-state index contributed by atoms with van der Waals surface area (Å²) in [5.41, 5.74) is -0.834. The van der Waals surface area contributed by atoms with Crippen molar-refractivity contribution in [1.82, 2.24) is 25.3 Å². The van der Waals surface area contributed by atoms with Gasteiger partial charge < -0.3 is 10.2 Å². The maximum absolute atomic E-state index is 12.5. The Morgan fingerprint density at radius 1 is 1.41 bits per heavy atom. The van der Waals surface area contributed by atoms with Crippen LogP contribution in [0.1, 0.15) is 19.8 Å². The number of nitrogens with zero attached hydrogens (tertiary/aromatic N) is 3. The molecule has 2 aliphatic rings. The standard InChI is InChI=1S/C14H19N5O3/c1-10(9-19-6-2-5-15-19)11(20)18-7-3-14(4-8-18)12(21)16-13(22)17-14/h2,5-6,10H,3-4,7-9H2,1H3,(H2,16,17,21,22)/t10-/m1/s1. The number of hydrogen-bond donors (Lipinski definition) is 2. The van der Waals surface area contributed by atoms with Gasteiger partial charge in [0, 0.05) is 25.5 Å². The first-order valence-corrected chi connectivity index (χ1v) is 7.40. The average Bonchev–Trinajstić information content (AvgIpc) is 3.08. The van der Waals surface area contributed by atoms with Crippen molar-refractivity contribution in [3.63, 3.8) is 0 Å². The van der Waals surface area contributed by atoms with Gasteiger partial charge in [-0.25, -0.2) is 4.79 Å². The number of carbonyl (C=O) groups excluding carboxylic acids is 3. The number of amides is 4. The van der Waals surface area contributed by atoms with Crippen LogP contribution in [-0.4, -0.2) is 51.2 Å². The van der Waals surface area contributed by atoms with Crippen LogP contribution in [0.5, 0.6) is 0 Å². The molecule has 1 spiro atoms. The number of rotatable bonds is 3. The van der Waals surface area contributed by atoms with Gasteiger partial charge in [0.05, 0.1) is 12.5 Å². The van der Waals surface area contributed by atoms with Crippen LogP contribution in [0.4, 0.5) is 4.79 Å². The first-order chi connectivity index (χ1) is 10.5. The maximum atomic E-state index is 12.5. The summed E-state index contributed by atoms with van der Waals surface area (Å²) >= 11 is 0. The topological polar surface area (TPSA) is 96.3 Å². The van der Waals surface area contributed by atoms with E-state index in [0.29, 0.717) is 32.5 Å². The number of likely N-dealkylation sites (tertiary alicyclic amines) is 1. The molecule has 2 N–H and O–H groups in total. The molecule has 8 heteroatoms. The fourth-order valence-electron chi connectivity index (χ4n) is 3.07. The van der Waals surface area contributed by atoms with Gasteiger partial charge in [0.1, 0.15) is 5.54 Å². The van der Waals surface area contributed by atoms with Crippen LogP contribution in [0, 0.1) is 5.92 Å². The predicted octanol–water partition coefficient (Wildman–Crippen LogP) is -0.280. The summed E-state index contributed by atoms with van der Waals surface area (Å²) in [5, 5.41) is 9.07. The van der Waals surface area contributed by atoms with Crippen LogP contribution in [0.25, 0.3) is 0 Å². The molecule has 1 aromatic rings. The molecule has 2 saturated heterocycles. The Morgan fingerprint density at radius 3 is 2.68 bits per heavy atom. The number of urea groups is 1. The number of aromatic nitrogens is 2. The van der Waals surface area contributed by atoms with Crippen LogP contribution in [-0.2, 0) is 16.1 Å². The summed E-state index contributed by atoms with van der Waals surface area (Å²) in [7, 11) is 0. The molecule has 0 radical (unpaired) electrons. The quantitative estimate of drug-likeness (QED) is 0.751. The minimum atomic E-state index is -0.834. The molecular weight excluding hydrogens is 286 g/mol. The minimum Gasteiger partial charge on any atom is -0.342 e. The van der Waals surface area contributed by atoms with E-state index in [1.807, 2.05) is 19.2 Å². The van der Waals surface area contributed by atoms with Crippen LogP contribution in [0.15, 0.2) is 18.5 Å². The van der Waals surface area contributed by atoms with Gasteiger partial charge in [0.25, 0.3) is 5.91 Å². The van der Waals surface area contributed by atoms with Crippen molar-refractivity contribution in [3.8, 4) is 0 Å². The number of nitrogens with one attached hydrogen (secondary N) is 2. The van der Waals surface area contributed by atoms with E-state index in [9.17, 15) is 14.4 Å². The van der Waals surface area contributed by atoms with E-state index >= 15 is 0 Å². The molecule has 3 rings (SSSR count). The van der Waals surface area contributed by atoms with E-state index < -0.39 is 11.6 Å². The molecular formula is C14H19N5O3. The summed E-state index contributed by atoms with van der Waals surface area (Å²) < 4.78 is 1.73. The fraction of sp³-hybridized carbons (Fsp3) is 0.571. The van der Waals surface area contributed by atoms with Gasteiger partial charge in [-0.15, -0.1) is 0 Å². The second-order valence-electron chi connectivity index (χ2n) is 5.94. The highest BCUT2D eigenvalue weighted by Crippen LogP contribution is 2.26. The number of imide groups is 1. The fourth-order valence-corrected chi connectivity index (χ4v) is 3.07. The van der Waals surface area contributed by atoms with Gasteiger partial charge in [-0.3, -0.25) is 19.6 Å². The van der Waals surface area contributed by atoms with E-state index in [0.717, 1.165) is 0 Å². The van der Waals surface area contributed by atoms with Gasteiger partial charge >= 0.3 is 6.03 Å². The van der Waals surface area contributed by atoms with Gasteiger partial charge in [-0.1, -0.05) is 6.92 Å². The molecule has 2 fully saturated rings. The largest absolute Gasteiger partial charge is 0.342 e. The molecule has 0 saturated carbocycles. The van der Waals surface area contributed by atoms with Crippen molar-refractivity contribution in [3.05, 3.63) is 18.5 Å². The van der Waals surface area contributed by atoms with Gasteiger partial charge in [0.2, 0.25) is 5.91 Å². The molecule has 0 unspecified atom stereocenters. The monoisotopic (exact) mass is 305 g/mol. The van der Waals surface area contributed by atoms with Crippen LogP contribution in [0.3, 0.4) is 0 Å². The lowest BCUT2D eigenvalue weighted by Crippen LogP contribution is -2.56. The highest BCUT2D eigenvalue weighted by Gasteiger charge is 2.48. The maximum Gasteiger partial charge on any atom is 0.322 e. The smallest absolute Gasteiger partial charge is 0.322 e. The van der Waals surface area contributed by atoms with E-state index in [4.69, 9.17) is 0 Å². The summed E-state index contributed by atoms with van der Waals surface area (Å²) in [4.78, 5) is 37.4. The lowest BCUT2D eigenvalue weighted by atomic mass is 9.87. The lowest BCUT2D eigenvalue weighted by molar-refractivity contribution is -0.139. The second kappa shape index (κ2) is 5.43. The summed E-state index contributed by atoms with van der Waals surface area (Å²) in [5.74, 6) is -0.412. The molecule has 4 amide bonds. The zero-order valence-corrected chi connectivity index (χ0v) is 12.4. The second-order valence-corrected chi connectivity index (χ2v) is 5.94. The van der Waals surface area contributed by atoms with E-state index in [1.54, 1.807) is 15.8 Å². The van der Waals surface area contributed by atoms with Crippen molar-refractivity contribution >= 4 is 17.8 Å². The summed E-state index contributed by atoms with van der Waals surface area (Å²) in [6, 6.07) is 1.38. The third-order valence-corrected chi connectivity index (χ3v) is 4.38. The van der Waals surface area contributed by atoms with E-state index in [-0.39, 0.29) is 17.7 Å². The Morgan fingerprint density at radius 2 is 2.14 bits per heavy atom. The van der Waals surface area contributed by atoms with Gasteiger partial charge in [-0.05, 0) is 18.9 Å². The normalized spacial score (nSPS) is 21.6. The predicted molar refractivity (Wildman–Crippen MR) is 76.6 cm³/mol. The van der Waals surface area contributed by atoms with Gasteiger partial charge in [-0.2, -0.15) is 5.10 Å². The highest BCUT2D eigenvalue weighted by atomic mass is 16.2. The van der Waals surface area contributed by atoms with Gasteiger partial charge in [0.15, 0.2) is 0 Å². The highest BCUT2D eigenvalue weighted by molar-refractivity contribution is 6.07. The number of hydrogen-bond acceptors (Lipinski definition) is 4. The molecule has 0 aromatic carbocycles. The molecule has 1 aromatic heterocycles. The molecule has 8 nitrogen and oxygen atoms in total. The molecule has 1 atom stereocenters. The van der Waals surface area contributed by atoms with Crippen molar-refractivity contribution in [1.29, 1.82) is 0 Å². The first-order valence-electron chi connectivity index (χ1n) is 7.40. The minimum absolute atomic E-state index is 0.0510. The number of carbonyl (C=O) groups is 3. The third-order valence-electron chi connectivity index (χ3n) is 4.38. The molecule has 22 heavy (non-hydrogen) atoms. The zero-order chi connectivity index (χ0) is 15.7. The van der Waals surface area contributed by atoms with Crippen LogP contribution >= 0.6 is 0 Å². The van der Waals surface area contributed by atoms with Crippen molar-refractivity contribution in [2.24, 2.45) is 5.92 Å². The third kappa shape index (κ3) is 2.56. The zero-order valence-electron chi connectivity index (χ0n) is 12.4. The molecule has 3 heterocycles. The van der Waals surface area contributed by atoms with Crippen molar-refractivity contribution in [2.75, 3.05) is 13.1 Å². The van der Waals surface area contributed by atoms with Crippen molar-refractivity contribution < 1.29 is 14.4 Å². The SMILES string of the molecule is C[C@H](Cn1cccn1)C(=O)N1CCC2(CC1)NC(=O)NC2=O. The molecule has 0 bridgehead atoms. The Bertz CT molecular complexity index is 590. The average molecular weight is 305 g/mol. The molecule has 0 aliphatic carbocycles. The number of piperidine rings is 1. The lowest BCUT2D eigenvalue weighted by Gasteiger charge is -2.38. The Labute approximate surface area is 127 Å². The molecule has 2 aliphatic heterocycles. The Balaban J connectivity index is 1.58. The van der Waals surface area contributed by atoms with Crippen molar-refractivity contribution in [2.45, 2.75) is 31.8 Å². The van der Waals surface area contributed by atoms with E-state index in [2.05, 4.69) is 15.7 Å². The molecule has 118 valence electrons.